The van der Waals surface area contributed by atoms with Gasteiger partial charge in [0.2, 0.25) is 5.91 Å². The molecule has 140 valence electrons. The van der Waals surface area contributed by atoms with Crippen molar-refractivity contribution < 1.29 is 14.0 Å². The number of hydrogen-bond donors (Lipinski definition) is 0. The van der Waals surface area contributed by atoms with Gasteiger partial charge in [0.05, 0.1) is 11.8 Å². The third-order valence-electron chi connectivity index (χ3n) is 5.56. The molecule has 0 atom stereocenters. The zero-order valence-corrected chi connectivity index (χ0v) is 15.3. The Labute approximate surface area is 159 Å². The van der Waals surface area contributed by atoms with Crippen LogP contribution in [0.2, 0.25) is 0 Å². The predicted molar refractivity (Wildman–Crippen MR) is 103 cm³/mol. The molecule has 2 aliphatic heterocycles. The first-order chi connectivity index (χ1) is 13.2. The van der Waals surface area contributed by atoms with E-state index in [1.807, 2.05) is 28.0 Å². The Morgan fingerprint density at radius 1 is 0.963 bits per heavy atom. The molecule has 2 aliphatic rings. The van der Waals surface area contributed by atoms with E-state index >= 15 is 0 Å². The summed E-state index contributed by atoms with van der Waals surface area (Å²) in [6.07, 6.45) is 7.52. The molecule has 0 radical (unpaired) electrons. The van der Waals surface area contributed by atoms with Gasteiger partial charge in [0.15, 0.2) is 0 Å². The molecule has 0 unspecified atom stereocenters. The summed E-state index contributed by atoms with van der Waals surface area (Å²) in [5.74, 6) is 0.238. The number of carbonyl (C=O) groups excluding carboxylic acids is 2. The number of benzene rings is 1. The molecule has 0 aliphatic carbocycles. The van der Waals surface area contributed by atoms with Crippen LogP contribution in [0, 0.1) is 5.92 Å². The normalized spacial score (nSPS) is 18.3. The lowest BCUT2D eigenvalue weighted by Crippen LogP contribution is -2.45. The molecule has 2 amide bonds. The molecule has 1 aromatic heterocycles. The molecule has 2 aromatic rings. The lowest BCUT2D eigenvalue weighted by molar-refractivity contribution is -0.136. The maximum absolute atomic E-state index is 12.9. The third kappa shape index (κ3) is 3.82. The molecule has 27 heavy (non-hydrogen) atoms. The zero-order valence-electron chi connectivity index (χ0n) is 15.3. The van der Waals surface area contributed by atoms with E-state index in [1.54, 1.807) is 6.07 Å². The molecule has 0 bridgehead atoms. The Morgan fingerprint density at radius 2 is 1.74 bits per heavy atom. The zero-order chi connectivity index (χ0) is 18.6. The minimum absolute atomic E-state index is 0.0111. The van der Waals surface area contributed by atoms with E-state index in [1.165, 1.54) is 23.7 Å². The molecule has 0 N–H and O–H groups in total. The summed E-state index contributed by atoms with van der Waals surface area (Å²) in [5.41, 5.74) is 3.14. The number of carbonyl (C=O) groups is 2. The highest BCUT2D eigenvalue weighted by atomic mass is 16.3. The quantitative estimate of drug-likeness (QED) is 0.838. The molecular weight excluding hydrogens is 340 g/mol. The van der Waals surface area contributed by atoms with Crippen molar-refractivity contribution in [2.75, 3.05) is 26.2 Å². The SMILES string of the molecule is O=C(c1ccoc1)N1CCC(C(=O)N2CC=C(c3ccccc3)CC2)CC1. The Kier molecular flexibility index (Phi) is 5.10. The highest BCUT2D eigenvalue weighted by molar-refractivity contribution is 5.94. The minimum Gasteiger partial charge on any atom is -0.472 e. The monoisotopic (exact) mass is 364 g/mol. The molecule has 1 saturated heterocycles. The summed E-state index contributed by atoms with van der Waals surface area (Å²) in [7, 11) is 0. The lowest BCUT2D eigenvalue weighted by atomic mass is 9.93. The summed E-state index contributed by atoms with van der Waals surface area (Å²) in [5, 5.41) is 0. The average molecular weight is 364 g/mol. The lowest BCUT2D eigenvalue weighted by Gasteiger charge is -2.35. The Balaban J connectivity index is 1.31. The van der Waals surface area contributed by atoms with Gasteiger partial charge in [-0.15, -0.1) is 0 Å². The number of rotatable bonds is 3. The smallest absolute Gasteiger partial charge is 0.257 e. The topological polar surface area (TPSA) is 53.8 Å². The standard InChI is InChI=1S/C22H24N2O3/c25-21(23-11-6-18(7-12-23)17-4-2-1-3-5-17)19-8-13-24(14-9-19)22(26)20-10-15-27-16-20/h1-6,10,15-16,19H,7-9,11-14H2. The first kappa shape index (κ1) is 17.6. The Bertz CT molecular complexity index is 819. The van der Waals surface area contributed by atoms with Crippen molar-refractivity contribution in [3.63, 3.8) is 0 Å². The van der Waals surface area contributed by atoms with Gasteiger partial charge in [0.1, 0.15) is 6.26 Å². The number of furan rings is 1. The fraction of sp³-hybridized carbons (Fsp3) is 0.364. The highest BCUT2D eigenvalue weighted by Gasteiger charge is 2.31. The second-order valence-electron chi connectivity index (χ2n) is 7.21. The highest BCUT2D eigenvalue weighted by Crippen LogP contribution is 2.26. The maximum Gasteiger partial charge on any atom is 0.257 e. The van der Waals surface area contributed by atoms with E-state index in [-0.39, 0.29) is 17.7 Å². The Hall–Kier alpha value is -2.82. The molecule has 0 spiro atoms. The minimum atomic E-state index is -0.0111. The number of nitrogens with zero attached hydrogens (tertiary/aromatic N) is 2. The molecule has 4 rings (SSSR count). The second kappa shape index (κ2) is 7.82. The number of hydrogen-bond acceptors (Lipinski definition) is 3. The Morgan fingerprint density at radius 3 is 2.37 bits per heavy atom. The number of piperidine rings is 1. The summed E-state index contributed by atoms with van der Waals surface area (Å²) in [6, 6.07) is 12.0. The molecule has 5 nitrogen and oxygen atoms in total. The first-order valence-corrected chi connectivity index (χ1v) is 9.57. The van der Waals surface area contributed by atoms with Crippen molar-refractivity contribution in [2.24, 2.45) is 5.92 Å². The summed E-state index contributed by atoms with van der Waals surface area (Å²) < 4.78 is 4.99. The van der Waals surface area contributed by atoms with Gasteiger partial charge in [-0.05, 0) is 36.5 Å². The van der Waals surface area contributed by atoms with Gasteiger partial charge in [-0.2, -0.15) is 0 Å². The predicted octanol–water partition coefficient (Wildman–Crippen LogP) is 3.45. The van der Waals surface area contributed by atoms with Crippen LogP contribution in [0.4, 0.5) is 0 Å². The molecule has 3 heterocycles. The van der Waals surface area contributed by atoms with Gasteiger partial charge in [0.25, 0.3) is 5.91 Å². The number of likely N-dealkylation sites (tertiary alicyclic amines) is 1. The van der Waals surface area contributed by atoms with Crippen LogP contribution < -0.4 is 0 Å². The van der Waals surface area contributed by atoms with Gasteiger partial charge in [0, 0.05) is 32.1 Å². The fourth-order valence-corrected chi connectivity index (χ4v) is 3.94. The van der Waals surface area contributed by atoms with E-state index in [2.05, 4.69) is 18.2 Å². The molecule has 0 saturated carbocycles. The van der Waals surface area contributed by atoms with Crippen molar-refractivity contribution in [3.8, 4) is 0 Å². The van der Waals surface area contributed by atoms with Crippen LogP contribution in [-0.4, -0.2) is 47.8 Å². The van der Waals surface area contributed by atoms with Crippen LogP contribution in [-0.2, 0) is 4.79 Å². The second-order valence-corrected chi connectivity index (χ2v) is 7.21. The molecule has 5 heteroatoms. The first-order valence-electron chi connectivity index (χ1n) is 9.57. The van der Waals surface area contributed by atoms with Crippen molar-refractivity contribution in [1.29, 1.82) is 0 Å². The largest absolute Gasteiger partial charge is 0.472 e. The van der Waals surface area contributed by atoms with Crippen LogP contribution >= 0.6 is 0 Å². The fourth-order valence-electron chi connectivity index (χ4n) is 3.94. The van der Waals surface area contributed by atoms with Gasteiger partial charge >= 0.3 is 0 Å². The van der Waals surface area contributed by atoms with Gasteiger partial charge in [-0.3, -0.25) is 9.59 Å². The van der Waals surface area contributed by atoms with Gasteiger partial charge < -0.3 is 14.2 Å². The van der Waals surface area contributed by atoms with Crippen LogP contribution in [0.5, 0.6) is 0 Å². The van der Waals surface area contributed by atoms with Crippen LogP contribution in [0.3, 0.4) is 0 Å². The van der Waals surface area contributed by atoms with Gasteiger partial charge in [-0.1, -0.05) is 36.4 Å². The molecular formula is C22H24N2O3. The van der Waals surface area contributed by atoms with Crippen LogP contribution in [0.1, 0.15) is 35.2 Å². The molecule has 1 fully saturated rings. The van der Waals surface area contributed by atoms with E-state index < -0.39 is 0 Å². The van der Waals surface area contributed by atoms with Crippen molar-refractivity contribution in [3.05, 3.63) is 66.1 Å². The summed E-state index contributed by atoms with van der Waals surface area (Å²) in [6.45, 7) is 2.70. The average Bonchev–Trinajstić information content (AvgIpc) is 3.28. The third-order valence-corrected chi connectivity index (χ3v) is 5.56. The van der Waals surface area contributed by atoms with Crippen molar-refractivity contribution >= 4 is 17.4 Å². The van der Waals surface area contributed by atoms with E-state index in [4.69, 9.17) is 4.42 Å². The number of amides is 2. The molecule has 1 aromatic carbocycles. The summed E-state index contributed by atoms with van der Waals surface area (Å²) >= 11 is 0. The maximum atomic E-state index is 12.9. The van der Waals surface area contributed by atoms with E-state index in [9.17, 15) is 9.59 Å². The van der Waals surface area contributed by atoms with E-state index in [0.717, 1.165) is 25.8 Å². The summed E-state index contributed by atoms with van der Waals surface area (Å²) in [4.78, 5) is 29.0. The van der Waals surface area contributed by atoms with Crippen LogP contribution in [0.15, 0.2) is 59.4 Å². The van der Waals surface area contributed by atoms with Crippen molar-refractivity contribution in [2.45, 2.75) is 19.3 Å². The van der Waals surface area contributed by atoms with E-state index in [0.29, 0.717) is 25.2 Å². The van der Waals surface area contributed by atoms with Gasteiger partial charge in [-0.25, -0.2) is 0 Å². The van der Waals surface area contributed by atoms with Crippen LogP contribution in [0.25, 0.3) is 5.57 Å². The van der Waals surface area contributed by atoms with Crippen molar-refractivity contribution in [1.82, 2.24) is 9.80 Å².